The molecule has 8 nitrogen and oxygen atoms in total. The van der Waals surface area contributed by atoms with E-state index in [0.717, 1.165) is 4.90 Å². The van der Waals surface area contributed by atoms with Gasteiger partial charge in [0.1, 0.15) is 12.2 Å². The number of aliphatic hydroxyl groups is 1. The SMILES string of the molecule is CN(CC(F)(F)F)c1cc2nc(C(NC(=O)O)C3CCC(F)(F)CC3)cn2nc1CO. The predicted molar refractivity (Wildman–Crippen MR) is 99.0 cm³/mol. The maximum absolute atomic E-state index is 13.5. The van der Waals surface area contributed by atoms with Crippen LogP contribution in [-0.4, -0.2) is 56.6 Å². The number of carboxylic acid groups (broad SMARTS) is 1. The number of nitrogens with one attached hydrogen (secondary N) is 1. The van der Waals surface area contributed by atoms with E-state index in [4.69, 9.17) is 0 Å². The van der Waals surface area contributed by atoms with Crippen LogP contribution >= 0.6 is 0 Å². The number of imidazole rings is 1. The molecule has 0 spiro atoms. The summed E-state index contributed by atoms with van der Waals surface area (Å²) in [6.45, 7) is -1.90. The van der Waals surface area contributed by atoms with Gasteiger partial charge in [-0.3, -0.25) is 0 Å². The molecule has 172 valence electrons. The third-order valence-corrected chi connectivity index (χ3v) is 5.33. The molecule has 0 bridgehead atoms. The van der Waals surface area contributed by atoms with Crippen molar-refractivity contribution in [3.05, 3.63) is 23.7 Å². The molecular weight excluding hydrogens is 429 g/mol. The number of aromatic nitrogens is 3. The molecule has 13 heteroatoms. The maximum Gasteiger partial charge on any atom is 0.405 e. The number of alkyl halides is 5. The van der Waals surface area contributed by atoms with E-state index in [9.17, 15) is 37.0 Å². The molecule has 0 aliphatic heterocycles. The average molecular weight is 451 g/mol. The number of anilines is 1. The minimum absolute atomic E-state index is 0.0181. The van der Waals surface area contributed by atoms with E-state index in [1.807, 2.05) is 0 Å². The lowest BCUT2D eigenvalue weighted by molar-refractivity contribution is -0.119. The first-order chi connectivity index (χ1) is 14.4. The number of hydrogen-bond acceptors (Lipinski definition) is 5. The Bertz CT molecular complexity index is 939. The molecule has 1 atom stereocenters. The number of fused-ring (bicyclic) bond motifs is 1. The molecule has 1 amide bonds. The van der Waals surface area contributed by atoms with Gasteiger partial charge in [0.15, 0.2) is 5.65 Å². The molecule has 2 aromatic rings. The van der Waals surface area contributed by atoms with Crippen molar-refractivity contribution in [2.75, 3.05) is 18.5 Å². The maximum atomic E-state index is 13.5. The lowest BCUT2D eigenvalue weighted by atomic mass is 9.81. The quantitative estimate of drug-likeness (QED) is 0.582. The second-order valence-electron chi connectivity index (χ2n) is 7.69. The Hall–Kier alpha value is -2.70. The van der Waals surface area contributed by atoms with E-state index >= 15 is 0 Å². The number of hydrogen-bond donors (Lipinski definition) is 3. The molecule has 2 heterocycles. The van der Waals surface area contributed by atoms with Crippen LogP contribution < -0.4 is 10.2 Å². The zero-order chi connectivity index (χ0) is 23.0. The Morgan fingerprint density at radius 2 is 2.03 bits per heavy atom. The normalized spacial score (nSPS) is 18.2. The van der Waals surface area contributed by atoms with Gasteiger partial charge in [0.05, 0.1) is 30.2 Å². The van der Waals surface area contributed by atoms with Gasteiger partial charge in [-0.25, -0.2) is 23.1 Å². The number of nitrogens with zero attached hydrogens (tertiary/aromatic N) is 4. The molecule has 3 rings (SSSR count). The molecule has 1 aliphatic carbocycles. The number of aliphatic hydroxyl groups excluding tert-OH is 1. The highest BCUT2D eigenvalue weighted by Gasteiger charge is 2.39. The monoisotopic (exact) mass is 451 g/mol. The molecule has 2 aromatic heterocycles. The van der Waals surface area contributed by atoms with Crippen molar-refractivity contribution in [3.8, 4) is 0 Å². The first-order valence-electron chi connectivity index (χ1n) is 9.54. The lowest BCUT2D eigenvalue weighted by Crippen LogP contribution is -2.36. The molecule has 0 aromatic carbocycles. The van der Waals surface area contributed by atoms with E-state index in [1.165, 1.54) is 23.8 Å². The van der Waals surface area contributed by atoms with Crippen LogP contribution in [0.2, 0.25) is 0 Å². The number of rotatable bonds is 6. The van der Waals surface area contributed by atoms with E-state index in [2.05, 4.69) is 15.4 Å². The fourth-order valence-electron chi connectivity index (χ4n) is 3.88. The third kappa shape index (κ3) is 5.51. The molecule has 1 saturated carbocycles. The Kier molecular flexibility index (Phi) is 6.25. The minimum Gasteiger partial charge on any atom is -0.465 e. The van der Waals surface area contributed by atoms with Crippen molar-refractivity contribution in [3.63, 3.8) is 0 Å². The number of halogens is 5. The van der Waals surface area contributed by atoms with E-state index in [-0.39, 0.29) is 48.4 Å². The average Bonchev–Trinajstić information content (AvgIpc) is 3.06. The summed E-state index contributed by atoms with van der Waals surface area (Å²) in [5.74, 6) is -3.22. The Labute approximate surface area is 173 Å². The zero-order valence-electron chi connectivity index (χ0n) is 16.5. The number of carbonyl (C=O) groups is 1. The summed E-state index contributed by atoms with van der Waals surface area (Å²) < 4.78 is 66.6. The molecule has 1 fully saturated rings. The van der Waals surface area contributed by atoms with Crippen LogP contribution in [0.15, 0.2) is 12.3 Å². The highest BCUT2D eigenvalue weighted by Crippen LogP contribution is 2.41. The van der Waals surface area contributed by atoms with Gasteiger partial charge < -0.3 is 20.4 Å². The van der Waals surface area contributed by atoms with Crippen molar-refractivity contribution in [1.29, 1.82) is 0 Å². The highest BCUT2D eigenvalue weighted by atomic mass is 19.4. The summed E-state index contributed by atoms with van der Waals surface area (Å²) >= 11 is 0. The van der Waals surface area contributed by atoms with Crippen LogP contribution in [0.25, 0.3) is 5.65 Å². The summed E-state index contributed by atoms with van der Waals surface area (Å²) in [6, 6.07) is 0.421. The van der Waals surface area contributed by atoms with E-state index < -0.39 is 43.3 Å². The van der Waals surface area contributed by atoms with Gasteiger partial charge in [-0.1, -0.05) is 0 Å². The molecule has 0 saturated heterocycles. The standard InChI is InChI=1S/C18H22F5N5O3/c1-27(9-18(21,22)23)13-6-14-24-11(7-28(14)26-12(13)8-29)15(25-16(30)31)10-2-4-17(19,20)5-3-10/h6-7,10,15,25,29H,2-5,8-9H2,1H3,(H,30,31). The lowest BCUT2D eigenvalue weighted by Gasteiger charge is -2.32. The van der Waals surface area contributed by atoms with Gasteiger partial charge in [0, 0.05) is 26.0 Å². The second-order valence-corrected chi connectivity index (χ2v) is 7.69. The Morgan fingerprint density at radius 1 is 1.39 bits per heavy atom. The molecular formula is C18H22F5N5O3. The van der Waals surface area contributed by atoms with Gasteiger partial charge in [-0.15, -0.1) is 0 Å². The summed E-state index contributed by atoms with van der Waals surface area (Å²) in [6.07, 6.45) is -5.02. The van der Waals surface area contributed by atoms with Crippen molar-refractivity contribution in [2.45, 2.75) is 50.4 Å². The first-order valence-corrected chi connectivity index (χ1v) is 9.54. The fraction of sp³-hybridized carbons (Fsp3) is 0.611. The topological polar surface area (TPSA) is 103 Å². The van der Waals surface area contributed by atoms with Crippen LogP contribution in [0.5, 0.6) is 0 Å². The first kappa shape index (κ1) is 23.0. The second kappa shape index (κ2) is 8.44. The number of amides is 1. The van der Waals surface area contributed by atoms with Crippen molar-refractivity contribution in [1.82, 2.24) is 19.9 Å². The summed E-state index contributed by atoms with van der Waals surface area (Å²) in [5, 5.41) is 25.2. The molecule has 3 N–H and O–H groups in total. The highest BCUT2D eigenvalue weighted by molar-refractivity contribution is 5.65. The summed E-state index contributed by atoms with van der Waals surface area (Å²) in [7, 11) is 1.20. The minimum atomic E-state index is -4.48. The zero-order valence-corrected chi connectivity index (χ0v) is 16.5. The van der Waals surface area contributed by atoms with Crippen LogP contribution in [0.4, 0.5) is 32.4 Å². The van der Waals surface area contributed by atoms with Crippen LogP contribution in [0.1, 0.15) is 43.1 Å². The summed E-state index contributed by atoms with van der Waals surface area (Å²) in [4.78, 5) is 16.5. The van der Waals surface area contributed by atoms with Crippen LogP contribution in [-0.2, 0) is 6.61 Å². The van der Waals surface area contributed by atoms with Gasteiger partial charge in [-0.2, -0.15) is 18.3 Å². The molecule has 1 aliphatic rings. The van der Waals surface area contributed by atoms with E-state index in [1.54, 1.807) is 0 Å². The Balaban J connectivity index is 1.96. The van der Waals surface area contributed by atoms with E-state index in [0.29, 0.717) is 0 Å². The van der Waals surface area contributed by atoms with Crippen molar-refractivity contribution < 1.29 is 37.0 Å². The molecule has 31 heavy (non-hydrogen) atoms. The summed E-state index contributed by atoms with van der Waals surface area (Å²) in [5.41, 5.74) is 0.340. The predicted octanol–water partition coefficient (Wildman–Crippen LogP) is 3.35. The van der Waals surface area contributed by atoms with Gasteiger partial charge in [-0.05, 0) is 18.8 Å². The molecule has 1 unspecified atom stereocenters. The fourth-order valence-corrected chi connectivity index (χ4v) is 3.88. The van der Waals surface area contributed by atoms with Gasteiger partial charge >= 0.3 is 12.3 Å². The van der Waals surface area contributed by atoms with Gasteiger partial charge in [0.2, 0.25) is 5.92 Å². The van der Waals surface area contributed by atoms with Crippen LogP contribution in [0.3, 0.4) is 0 Å². The smallest absolute Gasteiger partial charge is 0.405 e. The van der Waals surface area contributed by atoms with Crippen LogP contribution in [0, 0.1) is 5.92 Å². The Morgan fingerprint density at radius 3 is 2.58 bits per heavy atom. The third-order valence-electron chi connectivity index (χ3n) is 5.33. The molecule has 0 radical (unpaired) electrons. The van der Waals surface area contributed by atoms with Crippen molar-refractivity contribution >= 4 is 17.4 Å². The largest absolute Gasteiger partial charge is 0.465 e. The van der Waals surface area contributed by atoms with Crippen molar-refractivity contribution in [2.24, 2.45) is 5.92 Å². The van der Waals surface area contributed by atoms with Gasteiger partial charge in [0.25, 0.3) is 0 Å².